The molecule has 34 heavy (non-hydrogen) atoms. The van der Waals surface area contributed by atoms with E-state index in [0.29, 0.717) is 17.2 Å². The van der Waals surface area contributed by atoms with Crippen LogP contribution in [0.25, 0.3) is 11.1 Å². The van der Waals surface area contributed by atoms with Crippen molar-refractivity contribution in [3.63, 3.8) is 0 Å². The number of hydrogen-bond acceptors (Lipinski definition) is 10. The van der Waals surface area contributed by atoms with Crippen LogP contribution in [-0.4, -0.2) is 47.1 Å². The largest absolute Gasteiger partial charge is 0.479 e. The van der Waals surface area contributed by atoms with Crippen LogP contribution < -0.4 is 15.4 Å². The van der Waals surface area contributed by atoms with Gasteiger partial charge in [0.15, 0.2) is 18.5 Å². The molecule has 1 aliphatic heterocycles. The van der Waals surface area contributed by atoms with Crippen LogP contribution in [-0.2, 0) is 25.7 Å². The summed E-state index contributed by atoms with van der Waals surface area (Å²) in [6.07, 6.45) is -0.692. The topological polar surface area (TPSA) is 147 Å². The zero-order chi connectivity index (χ0) is 24.4. The fraction of sp³-hybridized carbons (Fsp3) is 0.348. The highest BCUT2D eigenvalue weighted by Crippen LogP contribution is 2.33. The van der Waals surface area contributed by atoms with Crippen molar-refractivity contribution in [2.75, 3.05) is 23.8 Å². The first-order valence-corrected chi connectivity index (χ1v) is 10.8. The van der Waals surface area contributed by atoms with E-state index in [2.05, 4.69) is 9.97 Å². The molecule has 0 spiro atoms. The van der Waals surface area contributed by atoms with E-state index >= 15 is 0 Å². The Balaban J connectivity index is 1.42. The SMILES string of the molecule is CCOC(=O)c1c(C)oc2nc(COC(=O)CCN3C(=O)C(C)Oc4ccccc43)nc(N)c12. The lowest BCUT2D eigenvalue weighted by atomic mass is 10.2. The van der Waals surface area contributed by atoms with Crippen molar-refractivity contribution in [2.45, 2.75) is 39.9 Å². The van der Waals surface area contributed by atoms with Gasteiger partial charge in [-0.2, -0.15) is 4.98 Å². The van der Waals surface area contributed by atoms with E-state index < -0.39 is 18.0 Å². The molecule has 0 fully saturated rings. The number of aryl methyl sites for hydroxylation is 1. The van der Waals surface area contributed by atoms with Crippen molar-refractivity contribution in [2.24, 2.45) is 0 Å². The maximum absolute atomic E-state index is 12.5. The first-order chi connectivity index (χ1) is 16.3. The van der Waals surface area contributed by atoms with Crippen LogP contribution in [0.3, 0.4) is 0 Å². The summed E-state index contributed by atoms with van der Waals surface area (Å²) in [4.78, 5) is 47.0. The van der Waals surface area contributed by atoms with Gasteiger partial charge in [-0.3, -0.25) is 9.59 Å². The second-order valence-corrected chi connectivity index (χ2v) is 7.59. The van der Waals surface area contributed by atoms with Gasteiger partial charge >= 0.3 is 11.9 Å². The summed E-state index contributed by atoms with van der Waals surface area (Å²) in [6, 6.07) is 7.13. The monoisotopic (exact) mass is 468 g/mol. The molecule has 1 atom stereocenters. The summed E-state index contributed by atoms with van der Waals surface area (Å²) in [6.45, 7) is 5.02. The number of carbonyl (C=O) groups excluding carboxylic acids is 3. The molecule has 178 valence electrons. The third-order valence-corrected chi connectivity index (χ3v) is 5.26. The van der Waals surface area contributed by atoms with Crippen molar-refractivity contribution in [1.29, 1.82) is 0 Å². The number of ether oxygens (including phenoxy) is 3. The molecular weight excluding hydrogens is 444 g/mol. The van der Waals surface area contributed by atoms with Crippen LogP contribution in [0, 0.1) is 6.92 Å². The number of rotatable bonds is 7. The third-order valence-electron chi connectivity index (χ3n) is 5.26. The van der Waals surface area contributed by atoms with E-state index in [-0.39, 0.29) is 60.4 Å². The molecule has 1 aliphatic rings. The number of aromatic nitrogens is 2. The number of furan rings is 1. The van der Waals surface area contributed by atoms with Gasteiger partial charge in [-0.05, 0) is 32.9 Å². The van der Waals surface area contributed by atoms with Crippen molar-refractivity contribution < 1.29 is 33.0 Å². The zero-order valence-electron chi connectivity index (χ0n) is 19.0. The van der Waals surface area contributed by atoms with Gasteiger partial charge in [0.25, 0.3) is 5.91 Å². The number of para-hydroxylation sites is 2. The summed E-state index contributed by atoms with van der Waals surface area (Å²) in [5, 5.41) is 0.254. The Morgan fingerprint density at radius 1 is 1.21 bits per heavy atom. The number of nitrogens with two attached hydrogens (primary N) is 1. The molecule has 3 aromatic rings. The van der Waals surface area contributed by atoms with Gasteiger partial charge in [0.05, 0.1) is 24.1 Å². The van der Waals surface area contributed by atoms with Crippen molar-refractivity contribution in [3.05, 3.63) is 41.4 Å². The summed E-state index contributed by atoms with van der Waals surface area (Å²) in [5.74, 6) is -0.358. The Hall–Kier alpha value is -4.15. The van der Waals surface area contributed by atoms with Gasteiger partial charge in [-0.15, -0.1) is 0 Å². The van der Waals surface area contributed by atoms with Crippen LogP contribution in [0.15, 0.2) is 28.7 Å². The van der Waals surface area contributed by atoms with Crippen molar-refractivity contribution in [1.82, 2.24) is 9.97 Å². The van der Waals surface area contributed by atoms with Gasteiger partial charge in [0.2, 0.25) is 5.71 Å². The zero-order valence-corrected chi connectivity index (χ0v) is 19.0. The Morgan fingerprint density at radius 3 is 2.74 bits per heavy atom. The first-order valence-electron chi connectivity index (χ1n) is 10.8. The predicted octanol–water partition coefficient (Wildman–Crippen LogP) is 2.54. The molecule has 3 heterocycles. The highest BCUT2D eigenvalue weighted by Gasteiger charge is 2.31. The fourth-order valence-corrected chi connectivity index (χ4v) is 3.71. The maximum Gasteiger partial charge on any atom is 0.342 e. The van der Waals surface area contributed by atoms with E-state index in [0.717, 1.165) is 0 Å². The molecule has 0 saturated heterocycles. The van der Waals surface area contributed by atoms with E-state index in [4.69, 9.17) is 24.4 Å². The molecule has 0 aliphatic carbocycles. The van der Waals surface area contributed by atoms with Gasteiger partial charge in [-0.25, -0.2) is 9.78 Å². The average molecular weight is 468 g/mol. The maximum atomic E-state index is 12.5. The molecule has 4 rings (SSSR count). The van der Waals surface area contributed by atoms with Crippen LogP contribution >= 0.6 is 0 Å². The van der Waals surface area contributed by atoms with Gasteiger partial charge in [-0.1, -0.05) is 12.1 Å². The normalized spacial score (nSPS) is 15.1. The lowest BCUT2D eigenvalue weighted by Crippen LogP contribution is -2.45. The summed E-state index contributed by atoms with van der Waals surface area (Å²) >= 11 is 0. The minimum atomic E-state index is -0.648. The third kappa shape index (κ3) is 4.36. The molecule has 2 aromatic heterocycles. The molecule has 11 heteroatoms. The van der Waals surface area contributed by atoms with E-state index in [9.17, 15) is 14.4 Å². The van der Waals surface area contributed by atoms with Crippen LogP contribution in [0.5, 0.6) is 5.75 Å². The van der Waals surface area contributed by atoms with Gasteiger partial charge < -0.3 is 29.3 Å². The molecule has 0 radical (unpaired) electrons. The van der Waals surface area contributed by atoms with E-state index in [1.54, 1.807) is 39.0 Å². The van der Waals surface area contributed by atoms with Gasteiger partial charge in [0, 0.05) is 6.54 Å². The minimum absolute atomic E-state index is 0.0143. The molecule has 1 amide bonds. The number of amides is 1. The summed E-state index contributed by atoms with van der Waals surface area (Å²) in [5.41, 5.74) is 6.90. The fourth-order valence-electron chi connectivity index (χ4n) is 3.71. The quantitative estimate of drug-likeness (QED) is 0.513. The van der Waals surface area contributed by atoms with Crippen LogP contribution in [0.1, 0.15) is 42.2 Å². The average Bonchev–Trinajstić information content (AvgIpc) is 3.14. The Kier molecular flexibility index (Phi) is 6.35. The minimum Gasteiger partial charge on any atom is -0.479 e. The number of anilines is 2. The second-order valence-electron chi connectivity index (χ2n) is 7.59. The summed E-state index contributed by atoms with van der Waals surface area (Å²) in [7, 11) is 0. The summed E-state index contributed by atoms with van der Waals surface area (Å²) < 4.78 is 21.5. The molecule has 2 N–H and O–H groups in total. The number of nitrogen functional groups attached to an aromatic ring is 1. The van der Waals surface area contributed by atoms with Crippen LogP contribution in [0.4, 0.5) is 11.5 Å². The highest BCUT2D eigenvalue weighted by molar-refractivity contribution is 6.07. The Morgan fingerprint density at radius 2 is 1.97 bits per heavy atom. The van der Waals surface area contributed by atoms with E-state index in [1.165, 1.54) is 4.90 Å². The Bertz CT molecular complexity index is 1270. The molecule has 11 nitrogen and oxygen atoms in total. The lowest BCUT2D eigenvalue weighted by molar-refractivity contribution is -0.145. The number of esters is 2. The van der Waals surface area contributed by atoms with Crippen molar-refractivity contribution >= 4 is 40.5 Å². The number of nitrogens with zero attached hydrogens (tertiary/aromatic N) is 3. The smallest absolute Gasteiger partial charge is 0.342 e. The second kappa shape index (κ2) is 9.38. The number of carbonyl (C=O) groups is 3. The Labute approximate surface area is 194 Å². The highest BCUT2D eigenvalue weighted by atomic mass is 16.5. The molecule has 0 bridgehead atoms. The van der Waals surface area contributed by atoms with Crippen LogP contribution in [0.2, 0.25) is 0 Å². The molecule has 0 saturated carbocycles. The lowest BCUT2D eigenvalue weighted by Gasteiger charge is -2.32. The number of hydrogen-bond donors (Lipinski definition) is 1. The predicted molar refractivity (Wildman–Crippen MR) is 120 cm³/mol. The van der Waals surface area contributed by atoms with Crippen molar-refractivity contribution in [3.8, 4) is 5.75 Å². The molecule has 1 aromatic carbocycles. The number of fused-ring (bicyclic) bond motifs is 2. The number of benzene rings is 1. The van der Waals surface area contributed by atoms with E-state index in [1.807, 2.05) is 6.07 Å². The molecule has 1 unspecified atom stereocenters. The molecular formula is C23H24N4O7. The van der Waals surface area contributed by atoms with Gasteiger partial charge in [0.1, 0.15) is 22.9 Å². The first kappa shape index (κ1) is 23.0. The standard InChI is InChI=1S/C23H24N4O7/c1-4-31-23(30)18-12(2)34-21-19(18)20(24)25-16(26-21)11-32-17(28)9-10-27-14-7-5-6-8-15(14)33-13(3)22(27)29/h5-8,13H,4,9-11H2,1-3H3,(H2,24,25,26).